The number of hydrogen-bond acceptors (Lipinski definition) is 0. The van der Waals surface area contributed by atoms with E-state index in [0.29, 0.717) is 0 Å². The van der Waals surface area contributed by atoms with Gasteiger partial charge in [0.2, 0.25) is 0 Å². The van der Waals surface area contributed by atoms with Gasteiger partial charge in [-0.2, -0.15) is 0 Å². The van der Waals surface area contributed by atoms with E-state index in [1.807, 2.05) is 0 Å². The molecule has 4 bridgehead atoms. The van der Waals surface area contributed by atoms with Gasteiger partial charge in [-0.1, -0.05) is 6.08 Å². The Balaban J connectivity index is 1.70. The van der Waals surface area contributed by atoms with E-state index in [-0.39, 0.29) is 0 Å². The molecule has 0 spiro atoms. The zero-order valence-electron chi connectivity index (χ0n) is 9.57. The zero-order valence-corrected chi connectivity index (χ0v) is 9.57. The fourth-order valence-corrected chi connectivity index (χ4v) is 6.05. The van der Waals surface area contributed by atoms with Crippen LogP contribution in [0.3, 0.4) is 0 Å². The fourth-order valence-electron chi connectivity index (χ4n) is 6.05. The molecule has 5 saturated carbocycles. The molecule has 15 heavy (non-hydrogen) atoms. The van der Waals surface area contributed by atoms with Crippen molar-refractivity contribution < 1.29 is 0 Å². The average Bonchev–Trinajstić information content (AvgIpc) is 2.89. The summed E-state index contributed by atoms with van der Waals surface area (Å²) in [6.45, 7) is 4.06. The second kappa shape index (κ2) is 2.90. The van der Waals surface area contributed by atoms with Crippen LogP contribution in [0.1, 0.15) is 38.5 Å². The minimum absolute atomic E-state index is 0.899. The zero-order chi connectivity index (χ0) is 9.99. The van der Waals surface area contributed by atoms with Gasteiger partial charge in [0.15, 0.2) is 0 Å². The highest BCUT2D eigenvalue weighted by atomic mass is 14.6. The van der Waals surface area contributed by atoms with Gasteiger partial charge < -0.3 is 0 Å². The summed E-state index contributed by atoms with van der Waals surface area (Å²) < 4.78 is 0. The molecule has 0 nitrogen and oxygen atoms in total. The first-order valence-electron chi connectivity index (χ1n) is 7.01. The first kappa shape index (κ1) is 8.84. The van der Waals surface area contributed by atoms with E-state index >= 15 is 0 Å². The van der Waals surface area contributed by atoms with Gasteiger partial charge in [0.1, 0.15) is 0 Å². The number of rotatable bonds is 1. The Morgan fingerprint density at radius 3 is 2.13 bits per heavy atom. The second-order valence-electron chi connectivity index (χ2n) is 6.62. The van der Waals surface area contributed by atoms with Crippen molar-refractivity contribution in [3.8, 4) is 0 Å². The standard InChI is InChI=1S/C15H22/c1-2-9-7-12-8-13(9)15-11-5-3-10(4-6-11)14(12)15/h2,9-15H,1,3-8H2. The van der Waals surface area contributed by atoms with Crippen LogP contribution < -0.4 is 0 Å². The summed E-state index contributed by atoms with van der Waals surface area (Å²) in [4.78, 5) is 0. The Kier molecular flexibility index (Phi) is 1.71. The number of fused-ring (bicyclic) bond motifs is 4. The van der Waals surface area contributed by atoms with Crippen molar-refractivity contribution in [2.75, 3.05) is 0 Å². The Labute approximate surface area is 93.1 Å². The van der Waals surface area contributed by atoms with E-state index in [0.717, 1.165) is 35.5 Å². The van der Waals surface area contributed by atoms with Gasteiger partial charge in [0, 0.05) is 0 Å². The highest BCUT2D eigenvalue weighted by Gasteiger charge is 2.59. The summed E-state index contributed by atoms with van der Waals surface area (Å²) in [5.41, 5.74) is 0. The van der Waals surface area contributed by atoms with E-state index < -0.39 is 0 Å². The van der Waals surface area contributed by atoms with Crippen LogP contribution in [0.15, 0.2) is 12.7 Å². The van der Waals surface area contributed by atoms with Crippen molar-refractivity contribution in [1.29, 1.82) is 0 Å². The van der Waals surface area contributed by atoms with Crippen LogP contribution >= 0.6 is 0 Å². The maximum absolute atomic E-state index is 4.06. The van der Waals surface area contributed by atoms with E-state index in [9.17, 15) is 0 Å². The van der Waals surface area contributed by atoms with Gasteiger partial charge in [-0.15, -0.1) is 6.58 Å². The van der Waals surface area contributed by atoms with Crippen molar-refractivity contribution in [1.82, 2.24) is 0 Å². The highest BCUT2D eigenvalue weighted by Crippen LogP contribution is 2.66. The predicted molar refractivity (Wildman–Crippen MR) is 62.3 cm³/mol. The lowest BCUT2D eigenvalue weighted by Gasteiger charge is -2.52. The molecular weight excluding hydrogens is 180 g/mol. The summed E-state index contributed by atoms with van der Waals surface area (Å²) in [5.74, 6) is 7.63. The van der Waals surface area contributed by atoms with Crippen molar-refractivity contribution >= 4 is 0 Å². The SMILES string of the molecule is C=CC1CC2CC1C1C3CCC(CC3)C21. The van der Waals surface area contributed by atoms with Crippen LogP contribution in [-0.2, 0) is 0 Å². The first-order valence-corrected chi connectivity index (χ1v) is 7.01. The molecule has 5 aliphatic carbocycles. The third-order valence-electron chi connectivity index (χ3n) is 6.39. The Morgan fingerprint density at radius 1 is 0.800 bits per heavy atom. The Morgan fingerprint density at radius 2 is 1.47 bits per heavy atom. The molecule has 5 aliphatic rings. The van der Waals surface area contributed by atoms with Crippen LogP contribution in [0.2, 0.25) is 0 Å². The molecule has 0 saturated heterocycles. The minimum atomic E-state index is 0.899. The van der Waals surface area contributed by atoms with Gasteiger partial charge in [-0.05, 0) is 80.0 Å². The first-order chi connectivity index (χ1) is 7.38. The third kappa shape index (κ3) is 0.990. The van der Waals surface area contributed by atoms with Crippen LogP contribution in [0, 0.1) is 41.4 Å². The van der Waals surface area contributed by atoms with Crippen LogP contribution in [0.4, 0.5) is 0 Å². The molecule has 0 aromatic rings. The molecule has 0 heteroatoms. The normalized spacial score (nSPS) is 60.7. The topological polar surface area (TPSA) is 0 Å². The molecule has 0 aromatic heterocycles. The molecule has 0 N–H and O–H groups in total. The summed E-state index contributed by atoms with van der Waals surface area (Å²) in [6, 6.07) is 0. The van der Waals surface area contributed by atoms with E-state index in [2.05, 4.69) is 12.7 Å². The van der Waals surface area contributed by atoms with Crippen LogP contribution in [0.25, 0.3) is 0 Å². The van der Waals surface area contributed by atoms with Crippen LogP contribution in [0.5, 0.6) is 0 Å². The molecule has 5 unspecified atom stereocenters. The van der Waals surface area contributed by atoms with Crippen LogP contribution in [-0.4, -0.2) is 0 Å². The quantitative estimate of drug-likeness (QED) is 0.566. The largest absolute Gasteiger partial charge is 0.103 e. The summed E-state index contributed by atoms with van der Waals surface area (Å²) in [5, 5.41) is 0. The molecule has 82 valence electrons. The molecule has 5 rings (SSSR count). The minimum Gasteiger partial charge on any atom is -0.103 e. The molecule has 0 aliphatic heterocycles. The number of allylic oxidation sites excluding steroid dienone is 1. The fraction of sp³-hybridized carbons (Fsp3) is 0.867. The lowest BCUT2D eigenvalue weighted by Crippen LogP contribution is -2.44. The molecule has 0 heterocycles. The summed E-state index contributed by atoms with van der Waals surface area (Å²) in [7, 11) is 0. The summed E-state index contributed by atoms with van der Waals surface area (Å²) in [6.07, 6.45) is 11.6. The molecule has 0 radical (unpaired) electrons. The van der Waals surface area contributed by atoms with Gasteiger partial charge >= 0.3 is 0 Å². The van der Waals surface area contributed by atoms with Crippen molar-refractivity contribution in [3.05, 3.63) is 12.7 Å². The lowest BCUT2D eigenvalue weighted by molar-refractivity contribution is -0.0228. The molecule has 5 atom stereocenters. The maximum atomic E-state index is 4.06. The summed E-state index contributed by atoms with van der Waals surface area (Å²) >= 11 is 0. The van der Waals surface area contributed by atoms with Gasteiger partial charge in [-0.3, -0.25) is 0 Å². The van der Waals surface area contributed by atoms with Crippen molar-refractivity contribution in [2.24, 2.45) is 41.4 Å². The highest BCUT2D eigenvalue weighted by molar-refractivity contribution is 5.11. The smallest absolute Gasteiger partial charge is 0.0202 e. The molecule has 0 amide bonds. The van der Waals surface area contributed by atoms with E-state index in [1.54, 1.807) is 32.1 Å². The third-order valence-corrected chi connectivity index (χ3v) is 6.39. The second-order valence-corrected chi connectivity index (χ2v) is 6.62. The van der Waals surface area contributed by atoms with Crippen molar-refractivity contribution in [3.63, 3.8) is 0 Å². The average molecular weight is 202 g/mol. The predicted octanol–water partition coefficient (Wildman–Crippen LogP) is 3.88. The van der Waals surface area contributed by atoms with Gasteiger partial charge in [0.05, 0.1) is 0 Å². The van der Waals surface area contributed by atoms with Gasteiger partial charge in [-0.25, -0.2) is 0 Å². The molecule has 0 aromatic carbocycles. The molecule has 5 fully saturated rings. The monoisotopic (exact) mass is 202 g/mol. The molecular formula is C15H22. The number of hydrogen-bond donors (Lipinski definition) is 0. The van der Waals surface area contributed by atoms with Gasteiger partial charge in [0.25, 0.3) is 0 Å². The lowest BCUT2D eigenvalue weighted by atomic mass is 9.53. The van der Waals surface area contributed by atoms with E-state index in [4.69, 9.17) is 0 Å². The Hall–Kier alpha value is -0.260. The maximum Gasteiger partial charge on any atom is -0.0202 e. The van der Waals surface area contributed by atoms with Crippen molar-refractivity contribution in [2.45, 2.75) is 38.5 Å². The van der Waals surface area contributed by atoms with E-state index in [1.165, 1.54) is 12.3 Å². The Bertz CT molecular complexity index is 284.